The molecule has 0 aliphatic carbocycles. The minimum absolute atomic E-state index is 0.0400. The lowest BCUT2D eigenvalue weighted by Crippen LogP contribution is -2.65. The highest BCUT2D eigenvalue weighted by atomic mass is 16.6. The van der Waals surface area contributed by atoms with Crippen LogP contribution in [0.15, 0.2) is 0 Å². The summed E-state index contributed by atoms with van der Waals surface area (Å²) >= 11 is 0. The lowest BCUT2D eigenvalue weighted by Gasteiger charge is -2.43. The predicted octanol–water partition coefficient (Wildman–Crippen LogP) is -4.93. The summed E-state index contributed by atoms with van der Waals surface area (Å²) in [5.74, 6) is -8.18. The monoisotopic (exact) mass is 805 g/mol. The average Bonchev–Trinajstić information content (AvgIpc) is 3.11. The number of amides is 7. The zero-order valence-corrected chi connectivity index (χ0v) is 32.0. The molecule has 12 N–H and O–H groups in total. The van der Waals surface area contributed by atoms with Gasteiger partial charge in [0.25, 0.3) is 0 Å². The number of unbranched alkanes of at least 4 members (excludes halogenated alkanes) is 1. The normalized spacial score (nSPS) is 22.3. The third kappa shape index (κ3) is 16.8. The summed E-state index contributed by atoms with van der Waals surface area (Å²) in [5.41, 5.74) is 0. The second kappa shape index (κ2) is 23.8. The Hall–Kier alpha value is -4.97. The Morgan fingerprint density at radius 3 is 1.73 bits per heavy atom. The maximum atomic E-state index is 13.5. The van der Waals surface area contributed by atoms with E-state index in [0.717, 1.165) is 6.92 Å². The third-order valence-corrected chi connectivity index (χ3v) is 8.41. The second-order valence-corrected chi connectivity index (χ2v) is 13.3. The summed E-state index contributed by atoms with van der Waals surface area (Å²) < 4.78 is 10.8. The second-order valence-electron chi connectivity index (χ2n) is 13.3. The molecule has 23 nitrogen and oxygen atoms in total. The van der Waals surface area contributed by atoms with Gasteiger partial charge in [0.05, 0.1) is 6.61 Å². The molecule has 1 aliphatic heterocycles. The number of carbonyl (C=O) groups excluding carboxylic acids is 7. The highest BCUT2D eigenvalue weighted by Crippen LogP contribution is 2.24. The first-order valence-electron chi connectivity index (χ1n) is 17.8. The molecule has 0 bridgehead atoms. The highest BCUT2D eigenvalue weighted by Gasteiger charge is 2.47. The molecule has 1 aliphatic rings. The first kappa shape index (κ1) is 49.0. The number of ether oxygens (including phenoxy) is 2. The number of aliphatic carboxylic acids is 2. The van der Waals surface area contributed by atoms with Crippen molar-refractivity contribution in [3.05, 3.63) is 0 Å². The number of nitrogens with one attached hydrogen (secondary N) is 7. The maximum absolute atomic E-state index is 13.5. The maximum Gasteiger partial charge on any atom is 0.325 e. The molecule has 7 amide bonds. The largest absolute Gasteiger partial charge is 0.481 e. The average molecular weight is 806 g/mol. The third-order valence-electron chi connectivity index (χ3n) is 8.41. The molecule has 0 radical (unpaired) electrons. The Morgan fingerprint density at radius 1 is 0.679 bits per heavy atom. The van der Waals surface area contributed by atoms with Crippen LogP contribution in [0.1, 0.15) is 73.6 Å². The van der Waals surface area contributed by atoms with Gasteiger partial charge in [-0.15, -0.1) is 0 Å². The molecule has 23 heteroatoms. The van der Waals surface area contributed by atoms with Crippen molar-refractivity contribution in [1.29, 1.82) is 0 Å². The van der Waals surface area contributed by atoms with E-state index in [4.69, 9.17) is 14.6 Å². The van der Waals surface area contributed by atoms with Crippen molar-refractivity contribution in [1.82, 2.24) is 37.2 Å². The fraction of sp³-hybridized carbons (Fsp3) is 0.727. The van der Waals surface area contributed by atoms with Crippen LogP contribution in [0.25, 0.3) is 0 Å². The van der Waals surface area contributed by atoms with Crippen LogP contribution in [0.2, 0.25) is 0 Å². The smallest absolute Gasteiger partial charge is 0.325 e. The topological polar surface area (TPSA) is 357 Å². The van der Waals surface area contributed by atoms with Crippen molar-refractivity contribution in [2.75, 3.05) is 13.2 Å². The first-order chi connectivity index (χ1) is 26.1. The van der Waals surface area contributed by atoms with E-state index < -0.39 is 134 Å². The highest BCUT2D eigenvalue weighted by molar-refractivity contribution is 5.96. The molecular weight excluding hydrogens is 750 g/mol. The summed E-state index contributed by atoms with van der Waals surface area (Å²) in [6.45, 7) is 6.87. The Morgan fingerprint density at radius 2 is 1.20 bits per heavy atom. The summed E-state index contributed by atoms with van der Waals surface area (Å²) in [7, 11) is 0. The van der Waals surface area contributed by atoms with Crippen molar-refractivity contribution in [3.8, 4) is 0 Å². The van der Waals surface area contributed by atoms with Crippen LogP contribution in [-0.4, -0.2) is 159 Å². The molecule has 318 valence electrons. The van der Waals surface area contributed by atoms with Gasteiger partial charge in [-0.3, -0.25) is 43.2 Å². The Labute approximate surface area is 322 Å². The van der Waals surface area contributed by atoms with Gasteiger partial charge in [0.1, 0.15) is 60.7 Å². The molecule has 0 spiro atoms. The van der Waals surface area contributed by atoms with E-state index in [9.17, 15) is 63.6 Å². The van der Waals surface area contributed by atoms with Crippen LogP contribution in [0.5, 0.6) is 0 Å². The van der Waals surface area contributed by atoms with Gasteiger partial charge >= 0.3 is 11.9 Å². The van der Waals surface area contributed by atoms with Crippen LogP contribution >= 0.6 is 0 Å². The van der Waals surface area contributed by atoms with Gasteiger partial charge in [0.2, 0.25) is 41.4 Å². The van der Waals surface area contributed by atoms with Crippen LogP contribution in [0.3, 0.4) is 0 Å². The number of aliphatic hydroxyl groups excluding tert-OH is 3. The van der Waals surface area contributed by atoms with Crippen molar-refractivity contribution >= 4 is 53.3 Å². The SMILES string of the molecule is CC(=O)NCCCC[C@H](NC(=O)[C@@H](CCC(=O)O)NC(=O)[C@H](C)NC(=O)[C@@H](C)O[C@H]1[C@H](O)[C@@H](CO)O[C@H](O)[C@@H]1NC(C)=O)C(=O)N[C@H](C)C(=O)N[C@H](C)C(=O)O. The van der Waals surface area contributed by atoms with Crippen molar-refractivity contribution in [3.63, 3.8) is 0 Å². The zero-order valence-electron chi connectivity index (χ0n) is 32.0. The van der Waals surface area contributed by atoms with Crippen LogP contribution in [0.4, 0.5) is 0 Å². The molecule has 1 fully saturated rings. The number of hydrogen-bond acceptors (Lipinski definition) is 14. The molecular formula is C33H55N7O16. The summed E-state index contributed by atoms with van der Waals surface area (Å²) in [5, 5.41) is 65.5. The number of carboxylic acids is 2. The number of hydrogen-bond donors (Lipinski definition) is 12. The number of carboxylic acid groups (broad SMARTS) is 2. The quantitative estimate of drug-likeness (QED) is 0.0431. The molecule has 1 heterocycles. The number of carbonyl (C=O) groups is 9. The van der Waals surface area contributed by atoms with E-state index in [1.54, 1.807) is 0 Å². The molecule has 56 heavy (non-hydrogen) atoms. The number of aliphatic hydroxyl groups is 3. The Kier molecular flexibility index (Phi) is 20.9. The van der Waals surface area contributed by atoms with Gasteiger partial charge < -0.3 is 72.2 Å². The van der Waals surface area contributed by atoms with Gasteiger partial charge in [-0.05, 0) is 53.4 Å². The molecule has 11 atom stereocenters. The minimum atomic E-state index is -1.73. The molecule has 0 aromatic rings. The fourth-order valence-electron chi connectivity index (χ4n) is 5.22. The number of rotatable bonds is 23. The van der Waals surface area contributed by atoms with Gasteiger partial charge in [-0.1, -0.05) is 0 Å². The molecule has 0 unspecified atom stereocenters. The van der Waals surface area contributed by atoms with Gasteiger partial charge in [-0.2, -0.15) is 0 Å². The Balaban J connectivity index is 3.11. The van der Waals surface area contributed by atoms with E-state index >= 15 is 0 Å². The van der Waals surface area contributed by atoms with Crippen LogP contribution in [0, 0.1) is 0 Å². The van der Waals surface area contributed by atoms with E-state index in [1.165, 1.54) is 34.6 Å². The van der Waals surface area contributed by atoms with Gasteiger partial charge in [-0.25, -0.2) is 0 Å². The molecule has 0 aromatic heterocycles. The van der Waals surface area contributed by atoms with E-state index in [1.807, 2.05) is 0 Å². The van der Waals surface area contributed by atoms with Crippen LogP contribution in [-0.2, 0) is 52.6 Å². The van der Waals surface area contributed by atoms with E-state index in [2.05, 4.69) is 37.2 Å². The van der Waals surface area contributed by atoms with Crippen molar-refractivity contribution in [2.45, 2.75) is 141 Å². The standard InChI is InChI=1S/C33H55N7O16/c1-14(27(47)37-16(3)32(52)53)36-30(50)20(9-7-8-12-34-18(5)42)40-31(51)21(10-11-23(44)45)39-28(48)15(2)35-29(49)17(4)55-26-24(38-19(6)43)33(54)56-22(13-41)25(26)46/h14-17,20-22,24-26,33,41,46,54H,7-13H2,1-6H3,(H,34,42)(H,35,49)(H,36,50)(H,37,47)(H,38,43)(H,39,48)(H,40,51)(H,44,45)(H,52,53)/t14-,15+,16-,17-,20+,21-,22-,24-,25-,26-,33+/m1/s1. The van der Waals surface area contributed by atoms with Crippen LogP contribution < -0.4 is 37.2 Å². The summed E-state index contributed by atoms with van der Waals surface area (Å²) in [6.07, 6.45) is -8.07. The summed E-state index contributed by atoms with van der Waals surface area (Å²) in [6, 6.07) is -8.20. The minimum Gasteiger partial charge on any atom is -0.481 e. The summed E-state index contributed by atoms with van der Waals surface area (Å²) in [4.78, 5) is 111. The Bertz CT molecular complexity index is 1420. The fourth-order valence-corrected chi connectivity index (χ4v) is 5.22. The lowest BCUT2D eigenvalue weighted by molar-refractivity contribution is -0.266. The van der Waals surface area contributed by atoms with Gasteiger partial charge in [0.15, 0.2) is 6.29 Å². The molecule has 1 rings (SSSR count). The van der Waals surface area contributed by atoms with Gasteiger partial charge in [0, 0.05) is 26.8 Å². The van der Waals surface area contributed by atoms with Crippen molar-refractivity contribution in [2.24, 2.45) is 0 Å². The lowest BCUT2D eigenvalue weighted by atomic mass is 9.96. The molecule has 0 aromatic carbocycles. The van der Waals surface area contributed by atoms with E-state index in [0.29, 0.717) is 6.42 Å². The van der Waals surface area contributed by atoms with E-state index in [-0.39, 0.29) is 25.3 Å². The molecule has 0 saturated carbocycles. The van der Waals surface area contributed by atoms with Crippen molar-refractivity contribution < 1.29 is 78.2 Å². The molecule has 1 saturated heterocycles. The zero-order chi connectivity index (χ0) is 42.9. The first-order valence-corrected chi connectivity index (χ1v) is 17.8. The predicted molar refractivity (Wildman–Crippen MR) is 190 cm³/mol.